The van der Waals surface area contributed by atoms with Crippen LogP contribution in [0.15, 0.2) is 12.4 Å². The van der Waals surface area contributed by atoms with Gasteiger partial charge < -0.3 is 15.0 Å². The average molecular weight is 197 g/mol. The van der Waals surface area contributed by atoms with Gasteiger partial charge in [-0.15, -0.1) is 0 Å². The van der Waals surface area contributed by atoms with Gasteiger partial charge in [0, 0.05) is 25.4 Å². The van der Waals surface area contributed by atoms with Crippen LogP contribution in [0.3, 0.4) is 0 Å². The third kappa shape index (κ3) is 2.32. The molecule has 0 amide bonds. The number of aryl methyl sites for hydroxylation is 1. The number of imidazole rings is 1. The minimum Gasteiger partial charge on any atom is -0.480 e. The van der Waals surface area contributed by atoms with E-state index in [1.165, 1.54) is 0 Å². The summed E-state index contributed by atoms with van der Waals surface area (Å²) < 4.78 is 1.86. The normalized spacial score (nSPS) is 12.7. The summed E-state index contributed by atoms with van der Waals surface area (Å²) in [5.41, 5.74) is 0. The first-order chi connectivity index (χ1) is 6.69. The highest BCUT2D eigenvalue weighted by molar-refractivity contribution is 5.73. The third-order valence-electron chi connectivity index (χ3n) is 2.14. The molecule has 5 nitrogen and oxygen atoms in total. The van der Waals surface area contributed by atoms with E-state index < -0.39 is 12.0 Å². The molecule has 2 N–H and O–H groups in total. The van der Waals surface area contributed by atoms with Gasteiger partial charge in [0.2, 0.25) is 0 Å². The molecule has 0 aliphatic rings. The lowest BCUT2D eigenvalue weighted by atomic mass is 10.3. The molecule has 0 bridgehead atoms. The fraction of sp³-hybridized carbons (Fsp3) is 0.556. The average Bonchev–Trinajstić information content (AvgIpc) is 2.60. The van der Waals surface area contributed by atoms with E-state index in [4.69, 9.17) is 5.11 Å². The van der Waals surface area contributed by atoms with Crippen molar-refractivity contribution >= 4 is 5.97 Å². The fourth-order valence-electron chi connectivity index (χ4n) is 1.31. The zero-order valence-electron chi connectivity index (χ0n) is 8.40. The number of hydrogen-bond donors (Lipinski definition) is 2. The molecule has 1 heterocycles. The Kier molecular flexibility index (Phi) is 3.64. The van der Waals surface area contributed by atoms with Crippen LogP contribution in [0.25, 0.3) is 0 Å². The van der Waals surface area contributed by atoms with Crippen molar-refractivity contribution in [2.24, 2.45) is 0 Å². The van der Waals surface area contributed by atoms with Gasteiger partial charge in [-0.2, -0.15) is 0 Å². The Morgan fingerprint density at radius 1 is 1.79 bits per heavy atom. The van der Waals surface area contributed by atoms with Crippen molar-refractivity contribution in [3.63, 3.8) is 0 Å². The smallest absolute Gasteiger partial charge is 0.322 e. The Morgan fingerprint density at radius 3 is 3.00 bits per heavy atom. The van der Waals surface area contributed by atoms with E-state index in [2.05, 4.69) is 10.3 Å². The quantitative estimate of drug-likeness (QED) is 0.703. The SMILES string of the molecule is CCc1nccn1CC(NC)C(=O)O. The van der Waals surface area contributed by atoms with Crippen LogP contribution in [-0.2, 0) is 17.8 Å². The number of aromatic nitrogens is 2. The largest absolute Gasteiger partial charge is 0.480 e. The molecule has 5 heteroatoms. The predicted molar refractivity (Wildman–Crippen MR) is 52.1 cm³/mol. The minimum atomic E-state index is -0.844. The standard InChI is InChI=1S/C9H15N3O2/c1-3-8-11-4-5-12(8)6-7(10-2)9(13)14/h4-5,7,10H,3,6H2,1-2H3,(H,13,14). The maximum atomic E-state index is 10.8. The lowest BCUT2D eigenvalue weighted by Gasteiger charge is -2.13. The van der Waals surface area contributed by atoms with Crippen molar-refractivity contribution in [2.45, 2.75) is 25.9 Å². The van der Waals surface area contributed by atoms with Crippen LogP contribution in [0, 0.1) is 0 Å². The summed E-state index contributed by atoms with van der Waals surface area (Å²) >= 11 is 0. The maximum Gasteiger partial charge on any atom is 0.322 e. The number of carboxylic acids is 1. The van der Waals surface area contributed by atoms with E-state index in [-0.39, 0.29) is 0 Å². The summed E-state index contributed by atoms with van der Waals surface area (Å²) in [6, 6.07) is -0.561. The van der Waals surface area contributed by atoms with Crippen LogP contribution in [0.5, 0.6) is 0 Å². The number of carboxylic acid groups (broad SMARTS) is 1. The number of hydrogen-bond acceptors (Lipinski definition) is 3. The number of aliphatic carboxylic acids is 1. The lowest BCUT2D eigenvalue weighted by molar-refractivity contribution is -0.139. The number of nitrogens with one attached hydrogen (secondary N) is 1. The first-order valence-corrected chi connectivity index (χ1v) is 4.59. The van der Waals surface area contributed by atoms with Gasteiger partial charge in [-0.05, 0) is 7.05 Å². The molecule has 0 saturated carbocycles. The Hall–Kier alpha value is -1.36. The van der Waals surface area contributed by atoms with Crippen LogP contribution < -0.4 is 5.32 Å². The van der Waals surface area contributed by atoms with Gasteiger partial charge in [0.15, 0.2) is 0 Å². The molecule has 0 spiro atoms. The predicted octanol–water partition coefficient (Wildman–Crippen LogP) is 0.118. The first-order valence-electron chi connectivity index (χ1n) is 4.59. The molecule has 0 aromatic carbocycles. The van der Waals surface area contributed by atoms with E-state index in [0.717, 1.165) is 12.2 Å². The Balaban J connectivity index is 2.71. The van der Waals surface area contributed by atoms with Gasteiger partial charge in [0.05, 0.1) is 0 Å². The number of nitrogens with zero attached hydrogens (tertiary/aromatic N) is 2. The Morgan fingerprint density at radius 2 is 2.50 bits per heavy atom. The lowest BCUT2D eigenvalue weighted by Crippen LogP contribution is -2.37. The Bertz CT molecular complexity index is 309. The van der Waals surface area contributed by atoms with Crippen LogP contribution in [0.2, 0.25) is 0 Å². The van der Waals surface area contributed by atoms with Crippen LogP contribution in [-0.4, -0.2) is 33.7 Å². The van der Waals surface area contributed by atoms with Crippen molar-refractivity contribution in [1.82, 2.24) is 14.9 Å². The number of carbonyl (C=O) groups is 1. The van der Waals surface area contributed by atoms with Crippen molar-refractivity contribution < 1.29 is 9.90 Å². The summed E-state index contributed by atoms with van der Waals surface area (Å²) in [5, 5.41) is 11.6. The van der Waals surface area contributed by atoms with E-state index >= 15 is 0 Å². The first kappa shape index (κ1) is 10.7. The molecule has 0 radical (unpaired) electrons. The van der Waals surface area contributed by atoms with Gasteiger partial charge >= 0.3 is 5.97 Å². The molecule has 0 saturated heterocycles. The fourth-order valence-corrected chi connectivity index (χ4v) is 1.31. The van der Waals surface area contributed by atoms with Crippen molar-refractivity contribution in [3.8, 4) is 0 Å². The molecular weight excluding hydrogens is 182 g/mol. The zero-order chi connectivity index (χ0) is 10.6. The molecule has 0 aliphatic heterocycles. The molecule has 1 rings (SSSR count). The van der Waals surface area contributed by atoms with Crippen LogP contribution >= 0.6 is 0 Å². The third-order valence-corrected chi connectivity index (χ3v) is 2.14. The Labute approximate surface area is 82.8 Å². The van der Waals surface area contributed by atoms with E-state index in [1.807, 2.05) is 11.5 Å². The molecule has 1 aromatic heterocycles. The minimum absolute atomic E-state index is 0.412. The second-order valence-electron chi connectivity index (χ2n) is 3.03. The maximum absolute atomic E-state index is 10.8. The monoisotopic (exact) mass is 197 g/mol. The molecular formula is C9H15N3O2. The van der Waals surface area contributed by atoms with Gasteiger partial charge in [-0.1, -0.05) is 6.92 Å². The van der Waals surface area contributed by atoms with Gasteiger partial charge in [-0.3, -0.25) is 4.79 Å². The van der Waals surface area contributed by atoms with Crippen LogP contribution in [0.4, 0.5) is 0 Å². The van der Waals surface area contributed by atoms with Gasteiger partial charge in [0.1, 0.15) is 11.9 Å². The number of rotatable bonds is 5. The van der Waals surface area contributed by atoms with E-state index in [0.29, 0.717) is 6.54 Å². The highest BCUT2D eigenvalue weighted by Crippen LogP contribution is 2.00. The van der Waals surface area contributed by atoms with Gasteiger partial charge in [-0.25, -0.2) is 4.98 Å². The van der Waals surface area contributed by atoms with E-state index in [9.17, 15) is 4.79 Å². The molecule has 1 atom stereocenters. The topological polar surface area (TPSA) is 67.2 Å². The summed E-state index contributed by atoms with van der Waals surface area (Å²) in [6.45, 7) is 2.41. The van der Waals surface area contributed by atoms with Crippen molar-refractivity contribution in [1.29, 1.82) is 0 Å². The summed E-state index contributed by atoms with van der Waals surface area (Å²) in [7, 11) is 1.64. The summed E-state index contributed by atoms with van der Waals surface area (Å²) in [5.74, 6) is 0.0646. The second kappa shape index (κ2) is 4.76. The molecule has 1 aromatic rings. The highest BCUT2D eigenvalue weighted by atomic mass is 16.4. The molecule has 0 aliphatic carbocycles. The second-order valence-corrected chi connectivity index (χ2v) is 3.03. The highest BCUT2D eigenvalue weighted by Gasteiger charge is 2.16. The van der Waals surface area contributed by atoms with E-state index in [1.54, 1.807) is 19.4 Å². The molecule has 14 heavy (non-hydrogen) atoms. The number of likely N-dealkylation sites (N-methyl/N-ethyl adjacent to an activating group) is 1. The summed E-state index contributed by atoms with van der Waals surface area (Å²) in [4.78, 5) is 14.9. The summed E-state index contributed by atoms with van der Waals surface area (Å²) in [6.07, 6.45) is 4.29. The molecule has 0 fully saturated rings. The van der Waals surface area contributed by atoms with Crippen molar-refractivity contribution in [2.75, 3.05) is 7.05 Å². The molecule has 1 unspecified atom stereocenters. The van der Waals surface area contributed by atoms with Gasteiger partial charge in [0.25, 0.3) is 0 Å². The van der Waals surface area contributed by atoms with Crippen molar-refractivity contribution in [3.05, 3.63) is 18.2 Å². The molecule has 78 valence electrons. The zero-order valence-corrected chi connectivity index (χ0v) is 8.40. The van der Waals surface area contributed by atoms with Crippen LogP contribution in [0.1, 0.15) is 12.7 Å².